The average molecular weight is 306 g/mol. The number of carbonyl (C=O) groups is 1. The number of nitrogen functional groups attached to an aromatic ring is 1. The van der Waals surface area contributed by atoms with Crippen LogP contribution in [0.25, 0.3) is 0 Å². The van der Waals surface area contributed by atoms with Crippen molar-refractivity contribution in [1.82, 2.24) is 5.32 Å². The van der Waals surface area contributed by atoms with Crippen molar-refractivity contribution in [2.24, 2.45) is 5.41 Å². The highest BCUT2D eigenvalue weighted by Gasteiger charge is 2.29. The van der Waals surface area contributed by atoms with Gasteiger partial charge in [0.2, 0.25) is 0 Å². The number of carbonyl (C=O) groups excluding carboxylic acids is 1. The number of nitrogens with one attached hydrogen (secondary N) is 2. The number of anilines is 2. The van der Waals surface area contributed by atoms with Gasteiger partial charge >= 0.3 is 0 Å². The summed E-state index contributed by atoms with van der Waals surface area (Å²) in [4.78, 5) is 12.4. The molecule has 0 bridgehead atoms. The Balaban J connectivity index is 2.20. The lowest BCUT2D eigenvalue weighted by Gasteiger charge is -2.34. The number of nitrogens with zero attached hydrogens (tertiary/aromatic N) is 1. The molecule has 1 aromatic heterocycles. The molecule has 2 rings (SSSR count). The van der Waals surface area contributed by atoms with Gasteiger partial charge in [0.15, 0.2) is 0 Å². The maximum atomic E-state index is 12.0. The molecular formula is C15H22N4OS. The van der Waals surface area contributed by atoms with Gasteiger partial charge in [-0.25, -0.2) is 0 Å². The van der Waals surface area contributed by atoms with E-state index < -0.39 is 0 Å². The molecule has 0 saturated heterocycles. The van der Waals surface area contributed by atoms with Crippen LogP contribution in [-0.2, 0) is 0 Å². The first kappa shape index (κ1) is 15.6. The maximum absolute atomic E-state index is 12.0. The van der Waals surface area contributed by atoms with E-state index >= 15 is 0 Å². The number of nitriles is 1. The predicted octanol–water partition coefficient (Wildman–Crippen LogP) is 2.94. The molecular weight excluding hydrogens is 284 g/mol. The third kappa shape index (κ3) is 3.30. The molecule has 1 saturated carbocycles. The minimum Gasteiger partial charge on any atom is -0.396 e. The van der Waals surface area contributed by atoms with Gasteiger partial charge in [-0.2, -0.15) is 5.26 Å². The van der Waals surface area contributed by atoms with Gasteiger partial charge in [0.05, 0.1) is 11.3 Å². The number of nitrogens with two attached hydrogens (primary N) is 1. The Kier molecular flexibility index (Phi) is 4.43. The van der Waals surface area contributed by atoms with Crippen molar-refractivity contribution >= 4 is 27.9 Å². The molecule has 0 aliphatic heterocycles. The van der Waals surface area contributed by atoms with Gasteiger partial charge in [-0.1, -0.05) is 13.8 Å². The second-order valence-corrected chi connectivity index (χ2v) is 7.34. The lowest BCUT2D eigenvalue weighted by atomic mass is 9.75. The minimum atomic E-state index is -0.246. The van der Waals surface area contributed by atoms with Crippen LogP contribution in [0.15, 0.2) is 0 Å². The molecule has 1 fully saturated rings. The molecule has 21 heavy (non-hydrogen) atoms. The number of rotatable bonds is 3. The average Bonchev–Trinajstić information content (AvgIpc) is 2.76. The molecule has 0 atom stereocenters. The fourth-order valence-corrected chi connectivity index (χ4v) is 3.70. The van der Waals surface area contributed by atoms with E-state index in [-0.39, 0.29) is 11.6 Å². The Bertz CT molecular complexity index is 575. The molecule has 1 amide bonds. The van der Waals surface area contributed by atoms with Gasteiger partial charge in [0.25, 0.3) is 5.91 Å². The Hall–Kier alpha value is -1.74. The van der Waals surface area contributed by atoms with Crippen LogP contribution in [0.3, 0.4) is 0 Å². The van der Waals surface area contributed by atoms with Gasteiger partial charge in [-0.05, 0) is 31.1 Å². The fraction of sp³-hybridized carbons (Fsp3) is 0.600. The monoisotopic (exact) mass is 306 g/mol. The summed E-state index contributed by atoms with van der Waals surface area (Å²) in [6.45, 7) is 4.58. The minimum absolute atomic E-state index is 0.246. The standard InChI is InChI=1S/C15H22N4OS/c1-15(2)6-4-9(5-7-15)19-14-11(13(20)18-3)12(17)10(8-16)21-14/h9,19H,4-7,17H2,1-3H3,(H,18,20). The number of hydrogen-bond acceptors (Lipinski definition) is 5. The molecule has 0 aromatic carbocycles. The second-order valence-electron chi connectivity index (χ2n) is 6.32. The summed E-state index contributed by atoms with van der Waals surface area (Å²) in [5.74, 6) is -0.246. The van der Waals surface area contributed by atoms with Crippen LogP contribution >= 0.6 is 11.3 Å². The summed E-state index contributed by atoms with van der Waals surface area (Å²) in [6, 6.07) is 2.40. The zero-order valence-corrected chi connectivity index (χ0v) is 13.6. The molecule has 6 heteroatoms. The van der Waals surface area contributed by atoms with Crippen LogP contribution < -0.4 is 16.4 Å². The quantitative estimate of drug-likeness (QED) is 0.800. The summed E-state index contributed by atoms with van der Waals surface area (Å²) in [5, 5.41) is 15.8. The number of thiophene rings is 1. The molecule has 0 radical (unpaired) electrons. The summed E-state index contributed by atoms with van der Waals surface area (Å²) in [6.07, 6.45) is 4.46. The van der Waals surface area contributed by atoms with E-state index in [2.05, 4.69) is 30.6 Å². The van der Waals surface area contributed by atoms with E-state index in [1.54, 1.807) is 7.05 Å². The summed E-state index contributed by atoms with van der Waals surface area (Å²) < 4.78 is 0. The van der Waals surface area contributed by atoms with E-state index in [0.717, 1.165) is 25.7 Å². The van der Waals surface area contributed by atoms with Gasteiger partial charge in [0.1, 0.15) is 15.9 Å². The zero-order chi connectivity index (χ0) is 15.6. The Morgan fingerprint density at radius 3 is 2.57 bits per heavy atom. The topological polar surface area (TPSA) is 90.9 Å². The van der Waals surface area contributed by atoms with E-state index in [4.69, 9.17) is 11.0 Å². The molecule has 1 aliphatic rings. The smallest absolute Gasteiger partial charge is 0.256 e. The zero-order valence-electron chi connectivity index (χ0n) is 12.7. The van der Waals surface area contributed by atoms with Gasteiger partial charge < -0.3 is 16.4 Å². The molecule has 5 nitrogen and oxygen atoms in total. The van der Waals surface area contributed by atoms with Gasteiger partial charge in [0, 0.05) is 13.1 Å². The van der Waals surface area contributed by atoms with Crippen molar-refractivity contribution in [2.45, 2.75) is 45.6 Å². The second kappa shape index (κ2) is 5.94. The summed E-state index contributed by atoms with van der Waals surface area (Å²) in [5.41, 5.74) is 7.01. The van der Waals surface area contributed by atoms with Crippen LogP contribution in [0.5, 0.6) is 0 Å². The lowest BCUT2D eigenvalue weighted by Crippen LogP contribution is -2.30. The fourth-order valence-electron chi connectivity index (χ4n) is 2.71. The van der Waals surface area contributed by atoms with Crippen LogP contribution in [-0.4, -0.2) is 19.0 Å². The highest BCUT2D eigenvalue weighted by molar-refractivity contribution is 7.17. The number of hydrogen-bond donors (Lipinski definition) is 3. The van der Waals surface area contributed by atoms with Crippen LogP contribution in [0, 0.1) is 16.7 Å². The molecule has 114 valence electrons. The molecule has 1 aliphatic carbocycles. The van der Waals surface area contributed by atoms with E-state index in [9.17, 15) is 4.79 Å². The molecule has 0 unspecified atom stereocenters. The van der Waals surface area contributed by atoms with Crippen LogP contribution in [0.2, 0.25) is 0 Å². The largest absolute Gasteiger partial charge is 0.396 e. The third-order valence-electron chi connectivity index (χ3n) is 4.18. The highest BCUT2D eigenvalue weighted by atomic mass is 32.1. The van der Waals surface area contributed by atoms with Crippen LogP contribution in [0.1, 0.15) is 54.8 Å². The van der Waals surface area contributed by atoms with E-state index in [1.807, 2.05) is 0 Å². The Morgan fingerprint density at radius 1 is 1.43 bits per heavy atom. The van der Waals surface area contributed by atoms with E-state index in [1.165, 1.54) is 11.3 Å². The van der Waals surface area contributed by atoms with Crippen molar-refractivity contribution in [1.29, 1.82) is 5.26 Å². The van der Waals surface area contributed by atoms with Crippen molar-refractivity contribution in [3.63, 3.8) is 0 Å². The highest BCUT2D eigenvalue weighted by Crippen LogP contribution is 2.40. The van der Waals surface area contributed by atoms with Gasteiger partial charge in [-0.15, -0.1) is 11.3 Å². The first-order valence-corrected chi connectivity index (χ1v) is 8.00. The van der Waals surface area contributed by atoms with Crippen molar-refractivity contribution in [2.75, 3.05) is 18.1 Å². The van der Waals surface area contributed by atoms with Crippen molar-refractivity contribution in [3.8, 4) is 6.07 Å². The summed E-state index contributed by atoms with van der Waals surface area (Å²) in [7, 11) is 1.57. The maximum Gasteiger partial charge on any atom is 0.256 e. The normalized spacial score (nSPS) is 18.0. The number of amides is 1. The SMILES string of the molecule is CNC(=O)c1c(NC2CCC(C)(C)CC2)sc(C#N)c1N. The predicted molar refractivity (Wildman–Crippen MR) is 86.5 cm³/mol. The molecule has 0 spiro atoms. The Morgan fingerprint density at radius 2 is 2.05 bits per heavy atom. The van der Waals surface area contributed by atoms with Crippen molar-refractivity contribution in [3.05, 3.63) is 10.4 Å². The van der Waals surface area contributed by atoms with E-state index in [0.29, 0.717) is 26.9 Å². The molecule has 1 aromatic rings. The first-order valence-electron chi connectivity index (χ1n) is 7.19. The molecule has 4 N–H and O–H groups in total. The first-order chi connectivity index (χ1) is 9.88. The van der Waals surface area contributed by atoms with Crippen LogP contribution in [0.4, 0.5) is 10.7 Å². The van der Waals surface area contributed by atoms with Gasteiger partial charge in [-0.3, -0.25) is 4.79 Å². The third-order valence-corrected chi connectivity index (χ3v) is 5.22. The summed E-state index contributed by atoms with van der Waals surface area (Å²) >= 11 is 1.27. The lowest BCUT2D eigenvalue weighted by molar-refractivity contribution is 0.0965. The molecule has 1 heterocycles. The Labute approximate surface area is 129 Å². The van der Waals surface area contributed by atoms with Crippen molar-refractivity contribution < 1.29 is 4.79 Å².